The molecular weight excluding hydrogens is 306 g/mol. The van der Waals surface area contributed by atoms with Gasteiger partial charge in [0.05, 0.1) is 16.4 Å². The lowest BCUT2D eigenvalue weighted by Crippen LogP contribution is -2.08. The molecule has 0 aliphatic carbocycles. The van der Waals surface area contributed by atoms with Crippen molar-refractivity contribution in [3.8, 4) is 0 Å². The lowest BCUT2D eigenvalue weighted by atomic mass is 10.1. The molecule has 1 aromatic carbocycles. The van der Waals surface area contributed by atoms with E-state index in [2.05, 4.69) is 20.9 Å². The Morgan fingerprint density at radius 1 is 1.39 bits per heavy atom. The third-order valence-corrected chi connectivity index (χ3v) is 3.70. The summed E-state index contributed by atoms with van der Waals surface area (Å²) in [6.45, 7) is 1.79. The number of imidazole rings is 1. The van der Waals surface area contributed by atoms with Crippen molar-refractivity contribution in [1.82, 2.24) is 9.55 Å². The third-order valence-electron chi connectivity index (χ3n) is 2.90. The van der Waals surface area contributed by atoms with Crippen LogP contribution in [0.1, 0.15) is 23.2 Å². The predicted molar refractivity (Wildman–Crippen MR) is 66.1 cm³/mol. The van der Waals surface area contributed by atoms with E-state index in [9.17, 15) is 13.9 Å². The number of aliphatic hydroxyl groups is 1. The number of aliphatic hydroxyl groups excluding tert-OH is 1. The maximum atomic E-state index is 13.4. The van der Waals surface area contributed by atoms with Gasteiger partial charge in [0.2, 0.25) is 0 Å². The summed E-state index contributed by atoms with van der Waals surface area (Å²) in [5, 5.41) is 10.2. The highest BCUT2D eigenvalue weighted by Crippen LogP contribution is 2.31. The molecular formula is C12H11BrF2N2O. The molecule has 0 aliphatic rings. The average molecular weight is 317 g/mol. The summed E-state index contributed by atoms with van der Waals surface area (Å²) in [5.74, 6) is -1.24. The molecule has 0 radical (unpaired) electrons. The number of nitrogens with zero attached hydrogens (tertiary/aromatic N) is 2. The van der Waals surface area contributed by atoms with Gasteiger partial charge in [-0.2, -0.15) is 0 Å². The lowest BCUT2D eigenvalue weighted by Gasteiger charge is -2.14. The minimum absolute atomic E-state index is 0.0751. The molecule has 96 valence electrons. The zero-order valence-corrected chi connectivity index (χ0v) is 11.4. The Labute approximate surface area is 111 Å². The van der Waals surface area contributed by atoms with E-state index in [1.807, 2.05) is 0 Å². The van der Waals surface area contributed by atoms with Gasteiger partial charge < -0.3 is 9.67 Å². The van der Waals surface area contributed by atoms with E-state index in [0.717, 1.165) is 11.9 Å². The highest BCUT2D eigenvalue weighted by atomic mass is 79.9. The molecule has 1 N–H and O–H groups in total. The van der Waals surface area contributed by atoms with Gasteiger partial charge in [0, 0.05) is 12.6 Å². The predicted octanol–water partition coefficient (Wildman–Crippen LogP) is 2.85. The van der Waals surface area contributed by atoms with E-state index < -0.39 is 17.7 Å². The van der Waals surface area contributed by atoms with Crippen LogP contribution in [0.25, 0.3) is 0 Å². The summed E-state index contributed by atoms with van der Waals surface area (Å²) >= 11 is 2.96. The van der Waals surface area contributed by atoms with Gasteiger partial charge in [0.1, 0.15) is 11.9 Å². The highest BCUT2D eigenvalue weighted by Gasteiger charge is 2.21. The summed E-state index contributed by atoms with van der Waals surface area (Å²) < 4.78 is 28.0. The Morgan fingerprint density at radius 3 is 2.61 bits per heavy atom. The molecule has 1 atom stereocenters. The number of benzene rings is 1. The van der Waals surface area contributed by atoms with Crippen molar-refractivity contribution in [2.24, 2.45) is 7.05 Å². The Bertz CT molecular complexity index is 598. The fraction of sp³-hybridized carbons (Fsp3) is 0.250. The molecule has 2 rings (SSSR count). The van der Waals surface area contributed by atoms with E-state index in [0.29, 0.717) is 5.69 Å². The molecule has 0 spiro atoms. The molecule has 3 nitrogen and oxygen atoms in total. The molecule has 18 heavy (non-hydrogen) atoms. The fourth-order valence-electron chi connectivity index (χ4n) is 1.68. The zero-order valence-electron chi connectivity index (χ0n) is 9.78. The topological polar surface area (TPSA) is 38.1 Å². The largest absolute Gasteiger partial charge is 0.382 e. The van der Waals surface area contributed by atoms with Crippen molar-refractivity contribution in [2.45, 2.75) is 13.0 Å². The van der Waals surface area contributed by atoms with Crippen LogP contribution in [0.5, 0.6) is 0 Å². The van der Waals surface area contributed by atoms with Crippen LogP contribution in [0, 0.1) is 18.6 Å². The number of rotatable bonds is 2. The smallest absolute Gasteiger partial charge is 0.173 e. The number of halogens is 3. The van der Waals surface area contributed by atoms with E-state index >= 15 is 0 Å². The molecule has 2 aromatic rings. The third kappa shape index (κ3) is 2.06. The molecule has 1 aromatic heterocycles. The molecule has 1 heterocycles. The van der Waals surface area contributed by atoms with Crippen LogP contribution >= 0.6 is 15.9 Å². The van der Waals surface area contributed by atoms with Crippen LogP contribution in [0.4, 0.5) is 8.78 Å². The maximum Gasteiger partial charge on any atom is 0.173 e. The standard InChI is InChI=1S/C12H11BrF2N2O/c1-6-16-5-9(17(6)2)12(18)7-3-4-8(14)11(15)10(7)13/h3-5,12,18H,1-2H3. The highest BCUT2D eigenvalue weighted by molar-refractivity contribution is 9.10. The van der Waals surface area contributed by atoms with E-state index in [4.69, 9.17) is 0 Å². The van der Waals surface area contributed by atoms with Gasteiger partial charge in [-0.15, -0.1) is 0 Å². The average Bonchev–Trinajstić information content (AvgIpc) is 2.67. The summed E-state index contributed by atoms with van der Waals surface area (Å²) in [6, 6.07) is 2.33. The van der Waals surface area contributed by atoms with E-state index in [1.54, 1.807) is 18.5 Å². The van der Waals surface area contributed by atoms with Crippen LogP contribution in [0.2, 0.25) is 0 Å². The fourth-order valence-corrected chi connectivity index (χ4v) is 2.22. The first-order chi connectivity index (χ1) is 8.43. The first-order valence-electron chi connectivity index (χ1n) is 5.23. The minimum Gasteiger partial charge on any atom is -0.382 e. The van der Waals surface area contributed by atoms with Crippen LogP contribution in [0.3, 0.4) is 0 Å². The van der Waals surface area contributed by atoms with Crippen LogP contribution in [0.15, 0.2) is 22.8 Å². The molecule has 6 heteroatoms. The minimum atomic E-state index is -1.07. The van der Waals surface area contributed by atoms with Gasteiger partial charge in [-0.25, -0.2) is 13.8 Å². The molecule has 0 saturated carbocycles. The van der Waals surface area contributed by atoms with Crippen molar-refractivity contribution in [3.63, 3.8) is 0 Å². The Balaban J connectivity index is 2.50. The van der Waals surface area contributed by atoms with Gasteiger partial charge in [-0.3, -0.25) is 0 Å². The van der Waals surface area contributed by atoms with Crippen molar-refractivity contribution < 1.29 is 13.9 Å². The monoisotopic (exact) mass is 316 g/mol. The lowest BCUT2D eigenvalue weighted by molar-refractivity contribution is 0.209. The van der Waals surface area contributed by atoms with Crippen LogP contribution < -0.4 is 0 Å². The quantitative estimate of drug-likeness (QED) is 0.865. The molecule has 0 saturated heterocycles. The van der Waals surface area contributed by atoms with Gasteiger partial charge in [-0.05, 0) is 28.9 Å². The molecule has 0 aliphatic heterocycles. The molecule has 0 bridgehead atoms. The second-order valence-corrected chi connectivity index (χ2v) is 4.75. The number of aromatic nitrogens is 2. The summed E-state index contributed by atoms with van der Waals surface area (Å²) in [4.78, 5) is 4.05. The second-order valence-electron chi connectivity index (χ2n) is 3.96. The molecule has 0 amide bonds. The van der Waals surface area contributed by atoms with Crippen molar-refractivity contribution >= 4 is 15.9 Å². The van der Waals surface area contributed by atoms with Gasteiger partial charge in [0.15, 0.2) is 11.6 Å². The number of hydrogen-bond donors (Lipinski definition) is 1. The second kappa shape index (κ2) is 4.78. The van der Waals surface area contributed by atoms with Crippen molar-refractivity contribution in [2.75, 3.05) is 0 Å². The zero-order chi connectivity index (χ0) is 13.4. The van der Waals surface area contributed by atoms with E-state index in [-0.39, 0.29) is 10.0 Å². The first-order valence-corrected chi connectivity index (χ1v) is 6.02. The Hall–Kier alpha value is -1.27. The normalized spacial score (nSPS) is 12.8. The Kier molecular flexibility index (Phi) is 3.49. The van der Waals surface area contributed by atoms with Crippen molar-refractivity contribution in [3.05, 3.63) is 51.5 Å². The molecule has 0 fully saturated rings. The van der Waals surface area contributed by atoms with Gasteiger partial charge >= 0.3 is 0 Å². The van der Waals surface area contributed by atoms with Gasteiger partial charge in [-0.1, -0.05) is 6.07 Å². The summed E-state index contributed by atoms with van der Waals surface area (Å²) in [5.41, 5.74) is 0.774. The Morgan fingerprint density at radius 2 is 2.06 bits per heavy atom. The van der Waals surface area contributed by atoms with E-state index in [1.165, 1.54) is 12.3 Å². The number of hydrogen-bond acceptors (Lipinski definition) is 2. The number of aryl methyl sites for hydroxylation is 1. The first kappa shape index (κ1) is 13.2. The summed E-state index contributed by atoms with van der Waals surface area (Å²) in [7, 11) is 1.74. The maximum absolute atomic E-state index is 13.4. The molecule has 1 unspecified atom stereocenters. The van der Waals surface area contributed by atoms with Crippen LogP contribution in [-0.2, 0) is 7.05 Å². The SMILES string of the molecule is Cc1ncc(C(O)c2ccc(F)c(F)c2Br)n1C. The van der Waals surface area contributed by atoms with Crippen LogP contribution in [-0.4, -0.2) is 14.7 Å². The van der Waals surface area contributed by atoms with Gasteiger partial charge in [0.25, 0.3) is 0 Å². The summed E-state index contributed by atoms with van der Waals surface area (Å²) in [6.07, 6.45) is 0.439. The van der Waals surface area contributed by atoms with Crippen molar-refractivity contribution in [1.29, 1.82) is 0 Å².